The van der Waals surface area contributed by atoms with Crippen molar-refractivity contribution in [2.24, 2.45) is 14.1 Å². The summed E-state index contributed by atoms with van der Waals surface area (Å²) in [6.45, 7) is 0. The Labute approximate surface area is 167 Å². The van der Waals surface area contributed by atoms with E-state index in [0.717, 1.165) is 0 Å². The maximum Gasteiger partial charge on any atom is 2.00 e. The van der Waals surface area contributed by atoms with Crippen LogP contribution >= 0.6 is 0 Å². The van der Waals surface area contributed by atoms with E-state index in [1.54, 1.807) is 46.1 Å². The Morgan fingerprint density at radius 3 is 1.79 bits per heavy atom. The Morgan fingerprint density at radius 1 is 0.958 bits per heavy atom. The third-order valence-electron chi connectivity index (χ3n) is 3.64. The van der Waals surface area contributed by atoms with Gasteiger partial charge in [0.2, 0.25) is 5.60 Å². The quantitative estimate of drug-likeness (QED) is 0.321. The summed E-state index contributed by atoms with van der Waals surface area (Å²) < 4.78 is 3.53. The van der Waals surface area contributed by atoms with E-state index in [-0.39, 0.29) is 45.9 Å². The molecule has 0 aliphatic carbocycles. The number of anilines is 1. The molecule has 1 aromatic carbocycles. The van der Waals surface area contributed by atoms with E-state index < -0.39 is 5.60 Å². The first kappa shape index (κ1) is 22.7. The molecule has 0 amide bonds. The topological polar surface area (TPSA) is 81.9 Å². The Balaban J connectivity index is 0.00000176. The van der Waals surface area contributed by atoms with E-state index in [1.807, 2.05) is 26.2 Å². The summed E-state index contributed by atoms with van der Waals surface area (Å²) in [4.78, 5) is 8.61. The van der Waals surface area contributed by atoms with Crippen molar-refractivity contribution >= 4 is 5.69 Å². The predicted molar refractivity (Wildman–Crippen MR) is 79.4 cm³/mol. The number of rotatable bonds is 3. The van der Waals surface area contributed by atoms with E-state index in [4.69, 9.17) is 5.73 Å². The number of halogens is 2. The van der Waals surface area contributed by atoms with Crippen LogP contribution in [0.1, 0.15) is 17.2 Å². The minimum absolute atomic E-state index is 0. The first-order valence-electron chi connectivity index (χ1n) is 6.58. The van der Waals surface area contributed by atoms with Gasteiger partial charge in [-0.15, -0.1) is 0 Å². The molecule has 0 radical (unpaired) electrons. The van der Waals surface area contributed by atoms with Crippen LogP contribution in [0, 0.1) is 0 Å². The summed E-state index contributed by atoms with van der Waals surface area (Å²) in [5.41, 5.74) is 5.63. The molecule has 0 saturated carbocycles. The van der Waals surface area contributed by atoms with Crippen LogP contribution in [0.5, 0.6) is 0 Å². The van der Waals surface area contributed by atoms with Crippen LogP contribution in [0.4, 0.5) is 5.69 Å². The number of imidazole rings is 2. The maximum absolute atomic E-state index is 11.5. The van der Waals surface area contributed by atoms with Gasteiger partial charge >= 0.3 is 21.1 Å². The van der Waals surface area contributed by atoms with Gasteiger partial charge in [-0.1, -0.05) is 18.2 Å². The molecule has 9 heteroatoms. The summed E-state index contributed by atoms with van der Waals surface area (Å²) >= 11 is 0. The van der Waals surface area contributed by atoms with Gasteiger partial charge in [0.1, 0.15) is 0 Å². The molecule has 0 aliphatic rings. The molecule has 2 aromatic heterocycles. The van der Waals surface area contributed by atoms with Crippen LogP contribution in [0.25, 0.3) is 0 Å². The van der Waals surface area contributed by atoms with Crippen molar-refractivity contribution in [2.75, 3.05) is 5.73 Å². The molecule has 3 aromatic rings. The van der Waals surface area contributed by atoms with Crippen LogP contribution in [-0.4, -0.2) is 24.2 Å². The van der Waals surface area contributed by atoms with Crippen molar-refractivity contribution in [1.29, 1.82) is 0 Å². The van der Waals surface area contributed by atoms with Crippen LogP contribution in [-0.2, 0) is 40.8 Å². The molecule has 0 fully saturated rings. The van der Waals surface area contributed by atoms with Crippen molar-refractivity contribution in [2.45, 2.75) is 5.60 Å². The fourth-order valence-electron chi connectivity index (χ4n) is 2.60. The second-order valence-electron chi connectivity index (χ2n) is 5.02. The van der Waals surface area contributed by atoms with Crippen molar-refractivity contribution in [3.05, 3.63) is 66.3 Å². The number of nitrogen functional groups attached to an aromatic ring is 1. The second kappa shape index (κ2) is 8.67. The van der Waals surface area contributed by atoms with Gasteiger partial charge in [-0.2, -0.15) is 0 Å². The molecule has 3 rings (SSSR count). The number of hydrogen-bond acceptors (Lipinski definition) is 4. The molecule has 6 nitrogen and oxygen atoms in total. The molecule has 0 spiro atoms. The summed E-state index contributed by atoms with van der Waals surface area (Å²) in [6.07, 6.45) is 6.84. The van der Waals surface area contributed by atoms with Crippen LogP contribution in [0.15, 0.2) is 49.1 Å². The maximum atomic E-state index is 11.5. The summed E-state index contributed by atoms with van der Waals surface area (Å²) in [5, 5.41) is 11.5. The molecule has 132 valence electrons. The van der Waals surface area contributed by atoms with E-state index in [1.165, 1.54) is 0 Å². The largest absolute Gasteiger partial charge is 2.00 e. The van der Waals surface area contributed by atoms with Crippen molar-refractivity contribution in [3.8, 4) is 0 Å². The zero-order valence-corrected chi connectivity index (χ0v) is 16.8. The van der Waals surface area contributed by atoms with Crippen molar-refractivity contribution < 1.29 is 51.0 Å². The summed E-state index contributed by atoms with van der Waals surface area (Å²) in [6, 6.07) is 7.21. The minimum Gasteiger partial charge on any atom is -1.00 e. The molecular weight excluding hydrogens is 532 g/mol. The molecule has 0 bridgehead atoms. The SMILES string of the molecule is Cn1ccnc1C(O)(c1ccccc1N)c1nccn1C.[Cl-].[Cl-].[Pt+2]. The van der Waals surface area contributed by atoms with Crippen LogP contribution < -0.4 is 30.5 Å². The van der Waals surface area contributed by atoms with Gasteiger partial charge in [0.15, 0.2) is 11.6 Å². The third-order valence-corrected chi connectivity index (χ3v) is 3.64. The molecule has 24 heavy (non-hydrogen) atoms. The number of benzene rings is 1. The zero-order chi connectivity index (χ0) is 15.0. The number of nitrogens with two attached hydrogens (primary N) is 1. The summed E-state index contributed by atoms with van der Waals surface area (Å²) in [7, 11) is 3.66. The monoisotopic (exact) mass is 548 g/mol. The van der Waals surface area contributed by atoms with Crippen molar-refractivity contribution in [3.63, 3.8) is 0 Å². The second-order valence-corrected chi connectivity index (χ2v) is 5.02. The first-order valence-corrected chi connectivity index (χ1v) is 6.58. The van der Waals surface area contributed by atoms with Gasteiger partial charge in [0.25, 0.3) is 0 Å². The Morgan fingerprint density at radius 2 is 1.42 bits per heavy atom. The van der Waals surface area contributed by atoms with E-state index in [9.17, 15) is 5.11 Å². The van der Waals surface area contributed by atoms with Gasteiger partial charge in [0, 0.05) is 50.1 Å². The molecule has 0 saturated heterocycles. The molecule has 3 N–H and O–H groups in total. The number of aromatic nitrogens is 4. The minimum atomic E-state index is -1.51. The van der Waals surface area contributed by atoms with Crippen molar-refractivity contribution in [1.82, 2.24) is 19.1 Å². The summed E-state index contributed by atoms with van der Waals surface area (Å²) in [5.74, 6) is 0.935. The van der Waals surface area contributed by atoms with Crippen LogP contribution in [0.2, 0.25) is 0 Å². The number of aliphatic hydroxyl groups is 1. The molecule has 2 heterocycles. The average Bonchev–Trinajstić information content (AvgIpc) is 3.07. The van der Waals surface area contributed by atoms with Gasteiger partial charge < -0.3 is 44.8 Å². The smallest absolute Gasteiger partial charge is 1.00 e. The molecule has 0 unspecified atom stereocenters. The molecular formula is C15H17Cl2N5OPt. The fourth-order valence-corrected chi connectivity index (χ4v) is 2.60. The van der Waals surface area contributed by atoms with Gasteiger partial charge in [0.05, 0.1) is 0 Å². The van der Waals surface area contributed by atoms with Gasteiger partial charge in [-0.3, -0.25) is 0 Å². The Hall–Kier alpha value is -1.33. The number of para-hydroxylation sites is 1. The van der Waals surface area contributed by atoms with Gasteiger partial charge in [-0.25, -0.2) is 9.97 Å². The number of aryl methyl sites for hydroxylation is 2. The van der Waals surface area contributed by atoms with Crippen LogP contribution in [0.3, 0.4) is 0 Å². The standard InChI is InChI=1S/C15H17N5O.2ClH.Pt/c1-19-9-7-17-13(19)15(21,14-18-8-10-20(14)2)11-5-3-4-6-12(11)16;;;/h3-10,21H,16H2,1-2H3;2*1H;/q;;;+2/p-2. The zero-order valence-electron chi connectivity index (χ0n) is 13.0. The van der Waals surface area contributed by atoms with Gasteiger partial charge in [-0.05, 0) is 6.07 Å². The molecule has 0 aliphatic heterocycles. The normalized spacial score (nSPS) is 10.3. The Bertz CT molecular complexity index is 749. The first-order chi connectivity index (χ1) is 10.0. The number of hydrogen-bond donors (Lipinski definition) is 2. The van der Waals surface area contributed by atoms with E-state index >= 15 is 0 Å². The van der Waals surface area contributed by atoms with E-state index in [0.29, 0.717) is 22.9 Å². The predicted octanol–water partition coefficient (Wildman–Crippen LogP) is -4.97. The number of nitrogens with zero attached hydrogens (tertiary/aromatic N) is 4. The third kappa shape index (κ3) is 3.52. The van der Waals surface area contributed by atoms with E-state index in [2.05, 4.69) is 9.97 Å². The average molecular weight is 549 g/mol. The Kier molecular flexibility index (Phi) is 8.19. The molecule has 0 atom stereocenters. The fraction of sp³-hybridized carbons (Fsp3) is 0.200.